The van der Waals surface area contributed by atoms with Crippen LogP contribution in [0.4, 0.5) is 5.69 Å². The minimum atomic E-state index is -0.643. The maximum absolute atomic E-state index is 12.4. The number of benzene rings is 2. The Balaban J connectivity index is 1.43. The lowest BCUT2D eigenvalue weighted by Gasteiger charge is -2.39. The molecule has 5 nitrogen and oxygen atoms in total. The SMILES string of the molecule is CC(Oc1ccc(Cl)cc1Cl)C(=O)NCC(C)N1CCN(c2ccccc2)CC1. The highest BCUT2D eigenvalue weighted by Gasteiger charge is 2.23. The number of amides is 1. The molecule has 2 aromatic carbocycles. The molecule has 1 saturated heterocycles. The zero-order valence-corrected chi connectivity index (χ0v) is 18.3. The van der Waals surface area contributed by atoms with Crippen molar-refractivity contribution in [3.63, 3.8) is 0 Å². The van der Waals surface area contributed by atoms with E-state index in [0.29, 0.717) is 22.3 Å². The predicted molar refractivity (Wildman–Crippen MR) is 119 cm³/mol. The standard InChI is InChI=1S/C22H27Cl2N3O2/c1-16(26-10-12-27(13-11-26)19-6-4-3-5-7-19)15-25-22(28)17(2)29-21-9-8-18(23)14-20(21)24/h3-9,14,16-17H,10-13,15H2,1-2H3,(H,25,28). The quantitative estimate of drug-likeness (QED) is 0.711. The highest BCUT2D eigenvalue weighted by atomic mass is 35.5. The van der Waals surface area contributed by atoms with Crippen molar-refractivity contribution in [2.24, 2.45) is 0 Å². The van der Waals surface area contributed by atoms with E-state index in [1.54, 1.807) is 25.1 Å². The van der Waals surface area contributed by atoms with Gasteiger partial charge in [-0.2, -0.15) is 0 Å². The fourth-order valence-corrected chi connectivity index (χ4v) is 3.85. The van der Waals surface area contributed by atoms with Gasteiger partial charge in [0.1, 0.15) is 5.75 Å². The first-order valence-corrected chi connectivity index (χ1v) is 10.6. The molecule has 0 aliphatic carbocycles. The maximum Gasteiger partial charge on any atom is 0.260 e. The van der Waals surface area contributed by atoms with Crippen LogP contribution in [0.15, 0.2) is 48.5 Å². The lowest BCUT2D eigenvalue weighted by Crippen LogP contribution is -2.53. The van der Waals surface area contributed by atoms with Crippen LogP contribution in [-0.4, -0.2) is 55.7 Å². The van der Waals surface area contributed by atoms with Gasteiger partial charge in [0, 0.05) is 49.5 Å². The molecule has 0 spiro atoms. The molecule has 1 heterocycles. The van der Waals surface area contributed by atoms with Gasteiger partial charge in [0.2, 0.25) is 0 Å². The highest BCUT2D eigenvalue weighted by Crippen LogP contribution is 2.28. The van der Waals surface area contributed by atoms with Crippen molar-refractivity contribution in [3.05, 3.63) is 58.6 Å². The maximum atomic E-state index is 12.4. The number of rotatable bonds is 7. The molecule has 0 bridgehead atoms. The van der Waals surface area contributed by atoms with Crippen molar-refractivity contribution in [2.75, 3.05) is 37.6 Å². The molecule has 1 fully saturated rings. The van der Waals surface area contributed by atoms with Crippen molar-refractivity contribution in [1.29, 1.82) is 0 Å². The average molecular weight is 436 g/mol. The van der Waals surface area contributed by atoms with E-state index in [4.69, 9.17) is 27.9 Å². The van der Waals surface area contributed by atoms with Crippen LogP contribution in [-0.2, 0) is 4.79 Å². The highest BCUT2D eigenvalue weighted by molar-refractivity contribution is 6.35. The van der Waals surface area contributed by atoms with Gasteiger partial charge in [-0.3, -0.25) is 9.69 Å². The molecule has 7 heteroatoms. The van der Waals surface area contributed by atoms with E-state index < -0.39 is 6.10 Å². The average Bonchev–Trinajstić information content (AvgIpc) is 2.74. The van der Waals surface area contributed by atoms with Gasteiger partial charge in [-0.1, -0.05) is 41.4 Å². The van der Waals surface area contributed by atoms with Crippen LogP contribution in [0.2, 0.25) is 10.0 Å². The zero-order valence-electron chi connectivity index (χ0n) is 16.8. The van der Waals surface area contributed by atoms with E-state index >= 15 is 0 Å². The van der Waals surface area contributed by atoms with Gasteiger partial charge in [0.25, 0.3) is 5.91 Å². The first kappa shape index (κ1) is 21.8. The van der Waals surface area contributed by atoms with Gasteiger partial charge < -0.3 is 15.0 Å². The first-order chi connectivity index (χ1) is 13.9. The Morgan fingerprint density at radius 2 is 1.76 bits per heavy atom. The molecule has 2 atom stereocenters. The van der Waals surface area contributed by atoms with E-state index in [0.717, 1.165) is 26.2 Å². The number of para-hydroxylation sites is 1. The predicted octanol–water partition coefficient (Wildman–Crippen LogP) is 4.09. The Morgan fingerprint density at radius 1 is 1.07 bits per heavy atom. The molecular weight excluding hydrogens is 409 g/mol. The minimum Gasteiger partial charge on any atom is -0.479 e. The van der Waals surface area contributed by atoms with Crippen LogP contribution in [0.5, 0.6) is 5.75 Å². The Kier molecular flexibility index (Phi) is 7.64. The van der Waals surface area contributed by atoms with E-state index in [9.17, 15) is 4.79 Å². The summed E-state index contributed by atoms with van der Waals surface area (Å²) in [6.45, 7) is 8.33. The van der Waals surface area contributed by atoms with E-state index in [2.05, 4.69) is 46.3 Å². The third-order valence-corrected chi connectivity index (χ3v) is 5.73. The van der Waals surface area contributed by atoms with Gasteiger partial charge in [0.05, 0.1) is 5.02 Å². The molecule has 29 heavy (non-hydrogen) atoms. The largest absolute Gasteiger partial charge is 0.479 e. The van der Waals surface area contributed by atoms with E-state index in [1.165, 1.54) is 5.69 Å². The van der Waals surface area contributed by atoms with Crippen LogP contribution in [0.1, 0.15) is 13.8 Å². The fraction of sp³-hybridized carbons (Fsp3) is 0.409. The van der Waals surface area contributed by atoms with Gasteiger partial charge in [-0.15, -0.1) is 0 Å². The monoisotopic (exact) mass is 435 g/mol. The molecule has 1 aliphatic rings. The number of carbonyl (C=O) groups is 1. The molecular formula is C22H27Cl2N3O2. The molecule has 156 valence electrons. The summed E-state index contributed by atoms with van der Waals surface area (Å²) in [5.41, 5.74) is 1.26. The first-order valence-electron chi connectivity index (χ1n) is 9.87. The van der Waals surface area contributed by atoms with Gasteiger partial charge in [-0.05, 0) is 44.2 Å². The fourth-order valence-electron chi connectivity index (χ4n) is 3.40. The Morgan fingerprint density at radius 3 is 2.41 bits per heavy atom. The number of nitrogens with one attached hydrogen (secondary N) is 1. The van der Waals surface area contributed by atoms with Gasteiger partial charge >= 0.3 is 0 Å². The zero-order chi connectivity index (χ0) is 20.8. The van der Waals surface area contributed by atoms with Crippen LogP contribution in [0.25, 0.3) is 0 Å². The summed E-state index contributed by atoms with van der Waals surface area (Å²) < 4.78 is 5.68. The van der Waals surface area contributed by atoms with Crippen molar-refractivity contribution in [2.45, 2.75) is 26.0 Å². The lowest BCUT2D eigenvalue weighted by atomic mass is 10.2. The summed E-state index contributed by atoms with van der Waals surface area (Å²) >= 11 is 12.0. The van der Waals surface area contributed by atoms with Crippen LogP contribution < -0.4 is 15.0 Å². The normalized spacial score (nSPS) is 16.9. The summed E-state index contributed by atoms with van der Waals surface area (Å²) in [5.74, 6) is 0.287. The van der Waals surface area contributed by atoms with Gasteiger partial charge in [-0.25, -0.2) is 0 Å². The number of piperazine rings is 1. The van der Waals surface area contributed by atoms with E-state index in [1.807, 2.05) is 6.07 Å². The number of carbonyl (C=O) groups excluding carboxylic acids is 1. The number of halogens is 2. The number of nitrogens with zero attached hydrogens (tertiary/aromatic N) is 2. The van der Waals surface area contributed by atoms with Crippen molar-refractivity contribution < 1.29 is 9.53 Å². The molecule has 2 unspecified atom stereocenters. The van der Waals surface area contributed by atoms with Crippen LogP contribution in [0, 0.1) is 0 Å². The third-order valence-electron chi connectivity index (χ3n) is 5.20. The number of anilines is 1. The van der Waals surface area contributed by atoms with E-state index in [-0.39, 0.29) is 11.9 Å². The van der Waals surface area contributed by atoms with Crippen LogP contribution in [0.3, 0.4) is 0 Å². The van der Waals surface area contributed by atoms with Crippen molar-refractivity contribution in [1.82, 2.24) is 10.2 Å². The van der Waals surface area contributed by atoms with Gasteiger partial charge in [0.15, 0.2) is 6.10 Å². The lowest BCUT2D eigenvalue weighted by molar-refractivity contribution is -0.127. The number of hydrogen-bond donors (Lipinski definition) is 1. The minimum absolute atomic E-state index is 0.161. The molecule has 0 radical (unpaired) electrons. The molecule has 0 aromatic heterocycles. The second-order valence-corrected chi connectivity index (χ2v) is 8.13. The second kappa shape index (κ2) is 10.2. The summed E-state index contributed by atoms with van der Waals surface area (Å²) in [6, 6.07) is 15.7. The second-order valence-electron chi connectivity index (χ2n) is 7.29. The molecule has 0 saturated carbocycles. The topological polar surface area (TPSA) is 44.8 Å². The molecule has 1 N–H and O–H groups in total. The number of hydrogen-bond acceptors (Lipinski definition) is 4. The summed E-state index contributed by atoms with van der Waals surface area (Å²) in [5, 5.41) is 3.90. The summed E-state index contributed by atoms with van der Waals surface area (Å²) in [7, 11) is 0. The summed E-state index contributed by atoms with van der Waals surface area (Å²) in [4.78, 5) is 17.2. The molecule has 1 amide bonds. The molecule has 2 aromatic rings. The molecule has 1 aliphatic heterocycles. The summed E-state index contributed by atoms with van der Waals surface area (Å²) in [6.07, 6.45) is -0.643. The van der Waals surface area contributed by atoms with Crippen molar-refractivity contribution >= 4 is 34.8 Å². The third kappa shape index (κ3) is 6.01. The van der Waals surface area contributed by atoms with Crippen molar-refractivity contribution in [3.8, 4) is 5.75 Å². The Labute approximate surface area is 182 Å². The Bertz CT molecular complexity index is 811. The Hall–Kier alpha value is -1.95. The molecule has 3 rings (SSSR count). The number of ether oxygens (including phenoxy) is 1. The van der Waals surface area contributed by atoms with Crippen LogP contribution >= 0.6 is 23.2 Å². The smallest absolute Gasteiger partial charge is 0.260 e.